The van der Waals surface area contributed by atoms with Gasteiger partial charge in [0.25, 0.3) is 0 Å². The van der Waals surface area contributed by atoms with Gasteiger partial charge in [-0.25, -0.2) is 4.98 Å². The van der Waals surface area contributed by atoms with E-state index < -0.39 is 0 Å². The molecule has 0 amide bonds. The minimum absolute atomic E-state index is 0.289. The summed E-state index contributed by atoms with van der Waals surface area (Å²) >= 11 is 3.51. The number of aromatic nitrogens is 1. The smallest absolute Gasteiger partial charge is 0.143 e. The van der Waals surface area contributed by atoms with Gasteiger partial charge in [-0.2, -0.15) is 0 Å². The van der Waals surface area contributed by atoms with E-state index in [0.29, 0.717) is 0 Å². The summed E-state index contributed by atoms with van der Waals surface area (Å²) in [7, 11) is 0. The molecule has 0 spiro atoms. The van der Waals surface area contributed by atoms with Crippen LogP contribution in [0.15, 0.2) is 22.8 Å². The number of pyridine rings is 1. The van der Waals surface area contributed by atoms with Crippen molar-refractivity contribution in [3.63, 3.8) is 0 Å². The molecule has 0 bridgehead atoms. The standard InChI is InChI=1S/C10H13BrN2O/c1-8-7-13(5-6-14-8)10-9(11)3-2-4-12-10/h2-4,8H,5-7H2,1H3. The predicted molar refractivity (Wildman–Crippen MR) is 59.6 cm³/mol. The lowest BCUT2D eigenvalue weighted by molar-refractivity contribution is 0.0529. The van der Waals surface area contributed by atoms with Crippen molar-refractivity contribution in [1.29, 1.82) is 0 Å². The van der Waals surface area contributed by atoms with Gasteiger partial charge in [0.15, 0.2) is 0 Å². The summed E-state index contributed by atoms with van der Waals surface area (Å²) in [5.41, 5.74) is 0. The second-order valence-corrected chi connectivity index (χ2v) is 4.29. The second-order valence-electron chi connectivity index (χ2n) is 3.44. The molecule has 1 aliphatic rings. The second kappa shape index (κ2) is 4.28. The Morgan fingerprint density at radius 1 is 1.64 bits per heavy atom. The molecule has 4 heteroatoms. The van der Waals surface area contributed by atoms with E-state index >= 15 is 0 Å². The SMILES string of the molecule is CC1CN(c2ncccc2Br)CCO1. The Labute approximate surface area is 92.2 Å². The van der Waals surface area contributed by atoms with Crippen molar-refractivity contribution >= 4 is 21.7 Å². The Kier molecular flexibility index (Phi) is 3.03. The van der Waals surface area contributed by atoms with Gasteiger partial charge in [0, 0.05) is 19.3 Å². The summed E-state index contributed by atoms with van der Waals surface area (Å²) in [6.45, 7) is 4.70. The van der Waals surface area contributed by atoms with Crippen LogP contribution in [0.2, 0.25) is 0 Å². The highest BCUT2D eigenvalue weighted by molar-refractivity contribution is 9.10. The summed E-state index contributed by atoms with van der Waals surface area (Å²) in [5.74, 6) is 1.02. The summed E-state index contributed by atoms with van der Waals surface area (Å²) in [5, 5.41) is 0. The third-order valence-electron chi connectivity index (χ3n) is 2.28. The van der Waals surface area contributed by atoms with Crippen molar-refractivity contribution in [1.82, 2.24) is 4.98 Å². The molecule has 14 heavy (non-hydrogen) atoms. The molecule has 3 nitrogen and oxygen atoms in total. The van der Waals surface area contributed by atoms with Crippen molar-refractivity contribution in [3.8, 4) is 0 Å². The molecule has 2 heterocycles. The summed E-state index contributed by atoms with van der Waals surface area (Å²) in [6, 6.07) is 3.94. The quantitative estimate of drug-likeness (QED) is 0.770. The van der Waals surface area contributed by atoms with Crippen LogP contribution in [0.25, 0.3) is 0 Å². The van der Waals surface area contributed by atoms with E-state index in [1.54, 1.807) is 0 Å². The normalized spacial score (nSPS) is 22.4. The van der Waals surface area contributed by atoms with E-state index in [1.165, 1.54) is 0 Å². The Morgan fingerprint density at radius 3 is 3.21 bits per heavy atom. The molecule has 1 aromatic rings. The maximum atomic E-state index is 5.48. The fraction of sp³-hybridized carbons (Fsp3) is 0.500. The zero-order valence-electron chi connectivity index (χ0n) is 8.11. The molecule has 1 atom stereocenters. The lowest BCUT2D eigenvalue weighted by atomic mass is 10.3. The molecule has 1 aromatic heterocycles. The molecular formula is C10H13BrN2O. The lowest BCUT2D eigenvalue weighted by Gasteiger charge is -2.32. The fourth-order valence-electron chi connectivity index (χ4n) is 1.62. The first kappa shape index (κ1) is 9.93. The molecule has 0 radical (unpaired) electrons. The first-order chi connectivity index (χ1) is 6.77. The monoisotopic (exact) mass is 256 g/mol. The Bertz CT molecular complexity index is 319. The van der Waals surface area contributed by atoms with Gasteiger partial charge >= 0.3 is 0 Å². The summed E-state index contributed by atoms with van der Waals surface area (Å²) in [4.78, 5) is 6.61. The van der Waals surface area contributed by atoms with Crippen LogP contribution in [-0.4, -0.2) is 30.8 Å². The first-order valence-electron chi connectivity index (χ1n) is 4.74. The van der Waals surface area contributed by atoms with Crippen LogP contribution < -0.4 is 4.90 Å². The highest BCUT2D eigenvalue weighted by atomic mass is 79.9. The van der Waals surface area contributed by atoms with Crippen molar-refractivity contribution in [3.05, 3.63) is 22.8 Å². The molecule has 76 valence electrons. The van der Waals surface area contributed by atoms with Gasteiger partial charge in [0.1, 0.15) is 5.82 Å². The molecule has 0 aromatic carbocycles. The molecule has 0 saturated carbocycles. The molecule has 1 unspecified atom stereocenters. The van der Waals surface area contributed by atoms with Gasteiger partial charge in [-0.05, 0) is 35.0 Å². The van der Waals surface area contributed by atoms with E-state index in [2.05, 4.69) is 32.7 Å². The number of anilines is 1. The van der Waals surface area contributed by atoms with Gasteiger partial charge < -0.3 is 9.64 Å². The average Bonchev–Trinajstić information content (AvgIpc) is 2.18. The minimum Gasteiger partial charge on any atom is -0.375 e. The van der Waals surface area contributed by atoms with Crippen molar-refractivity contribution in [2.24, 2.45) is 0 Å². The van der Waals surface area contributed by atoms with Crippen LogP contribution in [0.3, 0.4) is 0 Å². The third kappa shape index (κ3) is 2.07. The highest BCUT2D eigenvalue weighted by Crippen LogP contribution is 2.24. The number of hydrogen-bond donors (Lipinski definition) is 0. The Hall–Kier alpha value is -0.610. The molecule has 2 rings (SSSR count). The molecule has 1 aliphatic heterocycles. The maximum absolute atomic E-state index is 5.48. The van der Waals surface area contributed by atoms with Crippen molar-refractivity contribution in [2.75, 3.05) is 24.6 Å². The molecule has 0 N–H and O–H groups in total. The predicted octanol–water partition coefficient (Wildman–Crippen LogP) is 2.07. The number of morpholine rings is 1. The van der Waals surface area contributed by atoms with Gasteiger partial charge in [0.05, 0.1) is 17.2 Å². The minimum atomic E-state index is 0.289. The van der Waals surface area contributed by atoms with E-state index in [1.807, 2.05) is 18.3 Å². The lowest BCUT2D eigenvalue weighted by Crippen LogP contribution is -2.41. The zero-order valence-corrected chi connectivity index (χ0v) is 9.70. The van der Waals surface area contributed by atoms with Crippen LogP contribution in [-0.2, 0) is 4.74 Å². The number of nitrogens with zero attached hydrogens (tertiary/aromatic N) is 2. The average molecular weight is 257 g/mol. The number of ether oxygens (including phenoxy) is 1. The molecular weight excluding hydrogens is 244 g/mol. The van der Waals surface area contributed by atoms with E-state index in [0.717, 1.165) is 30.0 Å². The van der Waals surface area contributed by atoms with Gasteiger partial charge in [0.2, 0.25) is 0 Å². The number of rotatable bonds is 1. The maximum Gasteiger partial charge on any atom is 0.143 e. The van der Waals surface area contributed by atoms with E-state index in [9.17, 15) is 0 Å². The van der Waals surface area contributed by atoms with Crippen molar-refractivity contribution < 1.29 is 4.74 Å². The van der Waals surface area contributed by atoms with Crippen molar-refractivity contribution in [2.45, 2.75) is 13.0 Å². The number of hydrogen-bond acceptors (Lipinski definition) is 3. The zero-order chi connectivity index (χ0) is 9.97. The van der Waals surface area contributed by atoms with Crippen LogP contribution in [0.4, 0.5) is 5.82 Å². The fourth-order valence-corrected chi connectivity index (χ4v) is 2.13. The summed E-state index contributed by atoms with van der Waals surface area (Å²) in [6.07, 6.45) is 2.11. The number of halogens is 1. The van der Waals surface area contributed by atoms with Crippen LogP contribution >= 0.6 is 15.9 Å². The topological polar surface area (TPSA) is 25.4 Å². The van der Waals surface area contributed by atoms with Crippen LogP contribution in [0.1, 0.15) is 6.92 Å². The van der Waals surface area contributed by atoms with Gasteiger partial charge in [-0.1, -0.05) is 0 Å². The van der Waals surface area contributed by atoms with Crippen LogP contribution in [0, 0.1) is 0 Å². The summed E-state index contributed by atoms with van der Waals surface area (Å²) < 4.78 is 6.53. The van der Waals surface area contributed by atoms with Crippen LogP contribution in [0.5, 0.6) is 0 Å². The Morgan fingerprint density at radius 2 is 2.50 bits per heavy atom. The van der Waals surface area contributed by atoms with E-state index in [4.69, 9.17) is 4.74 Å². The van der Waals surface area contributed by atoms with Gasteiger partial charge in [-0.3, -0.25) is 0 Å². The molecule has 1 fully saturated rings. The largest absolute Gasteiger partial charge is 0.375 e. The first-order valence-corrected chi connectivity index (χ1v) is 5.54. The van der Waals surface area contributed by atoms with E-state index in [-0.39, 0.29) is 6.10 Å². The molecule has 0 aliphatic carbocycles. The highest BCUT2D eigenvalue weighted by Gasteiger charge is 2.19. The third-order valence-corrected chi connectivity index (χ3v) is 2.90. The molecule has 1 saturated heterocycles. The Balaban J connectivity index is 2.18. The van der Waals surface area contributed by atoms with Gasteiger partial charge in [-0.15, -0.1) is 0 Å².